The molecule has 1 rings (SSSR count). The number of anilines is 2. The SMILES string of the molecule is CN(C)c1cncc(NCC(F)F)n1.Cl. The van der Waals surface area contributed by atoms with Gasteiger partial charge in [0.15, 0.2) is 0 Å². The minimum Gasteiger partial charge on any atom is -0.363 e. The number of nitrogens with zero attached hydrogens (tertiary/aromatic N) is 3. The van der Waals surface area contributed by atoms with Crippen LogP contribution in [0.5, 0.6) is 0 Å². The topological polar surface area (TPSA) is 41.1 Å². The van der Waals surface area contributed by atoms with Crippen LogP contribution < -0.4 is 10.2 Å². The second kappa shape index (κ2) is 6.34. The quantitative estimate of drug-likeness (QED) is 0.866. The molecule has 1 N–H and O–H groups in total. The fraction of sp³-hybridized carbons (Fsp3) is 0.500. The van der Waals surface area contributed by atoms with Gasteiger partial charge in [0.2, 0.25) is 0 Å². The van der Waals surface area contributed by atoms with E-state index in [0.717, 1.165) is 0 Å². The monoisotopic (exact) mass is 238 g/mol. The molecule has 0 saturated heterocycles. The van der Waals surface area contributed by atoms with Crippen LogP contribution in [0.2, 0.25) is 0 Å². The van der Waals surface area contributed by atoms with E-state index in [2.05, 4.69) is 15.3 Å². The summed E-state index contributed by atoms with van der Waals surface area (Å²) in [6.45, 7) is -0.411. The van der Waals surface area contributed by atoms with Crippen molar-refractivity contribution >= 4 is 24.0 Å². The Labute approximate surface area is 93.1 Å². The Morgan fingerprint density at radius 2 is 2.07 bits per heavy atom. The summed E-state index contributed by atoms with van der Waals surface area (Å²) in [6, 6.07) is 0. The summed E-state index contributed by atoms with van der Waals surface area (Å²) >= 11 is 0. The van der Waals surface area contributed by atoms with Crippen LogP contribution in [0.1, 0.15) is 0 Å². The van der Waals surface area contributed by atoms with Gasteiger partial charge in [0.05, 0.1) is 18.9 Å². The zero-order valence-corrected chi connectivity index (χ0v) is 9.26. The molecule has 0 radical (unpaired) electrons. The van der Waals surface area contributed by atoms with Crippen molar-refractivity contribution in [3.05, 3.63) is 12.4 Å². The van der Waals surface area contributed by atoms with E-state index in [1.807, 2.05) is 0 Å². The highest BCUT2D eigenvalue weighted by atomic mass is 35.5. The van der Waals surface area contributed by atoms with E-state index in [-0.39, 0.29) is 12.4 Å². The van der Waals surface area contributed by atoms with Crippen molar-refractivity contribution in [3.63, 3.8) is 0 Å². The molecule has 0 aliphatic carbocycles. The van der Waals surface area contributed by atoms with Gasteiger partial charge in [0.1, 0.15) is 11.6 Å². The van der Waals surface area contributed by atoms with Gasteiger partial charge in [-0.15, -0.1) is 12.4 Å². The third kappa shape index (κ3) is 4.73. The second-order valence-corrected chi connectivity index (χ2v) is 2.93. The third-order valence-electron chi connectivity index (χ3n) is 1.52. The fourth-order valence-electron chi connectivity index (χ4n) is 0.838. The van der Waals surface area contributed by atoms with E-state index in [1.165, 1.54) is 6.20 Å². The van der Waals surface area contributed by atoms with Crippen LogP contribution in [0.15, 0.2) is 12.4 Å². The molecule has 0 aliphatic heterocycles. The van der Waals surface area contributed by atoms with Gasteiger partial charge in [-0.25, -0.2) is 13.8 Å². The van der Waals surface area contributed by atoms with Crippen LogP contribution in [0.3, 0.4) is 0 Å². The van der Waals surface area contributed by atoms with Crippen LogP contribution >= 0.6 is 12.4 Å². The van der Waals surface area contributed by atoms with E-state index >= 15 is 0 Å². The molecule has 1 heterocycles. The maximum absolute atomic E-state index is 11.9. The highest BCUT2D eigenvalue weighted by molar-refractivity contribution is 5.85. The van der Waals surface area contributed by atoms with Crippen molar-refractivity contribution in [1.29, 1.82) is 0 Å². The molecule has 0 unspecified atom stereocenters. The van der Waals surface area contributed by atoms with Crippen LogP contribution in [-0.4, -0.2) is 37.0 Å². The van der Waals surface area contributed by atoms with Gasteiger partial charge in [0.25, 0.3) is 6.43 Å². The first-order valence-electron chi connectivity index (χ1n) is 4.11. The summed E-state index contributed by atoms with van der Waals surface area (Å²) in [5.41, 5.74) is 0. The summed E-state index contributed by atoms with van der Waals surface area (Å²) in [5, 5.41) is 2.49. The highest BCUT2D eigenvalue weighted by Crippen LogP contribution is 2.09. The molecule has 4 nitrogen and oxygen atoms in total. The number of aromatic nitrogens is 2. The van der Waals surface area contributed by atoms with Gasteiger partial charge < -0.3 is 10.2 Å². The Bertz CT molecular complexity index is 296. The third-order valence-corrected chi connectivity index (χ3v) is 1.52. The molecule has 0 atom stereocenters. The molecular formula is C8H13ClF2N4. The van der Waals surface area contributed by atoms with Crippen molar-refractivity contribution in [2.45, 2.75) is 6.43 Å². The average Bonchev–Trinajstić information content (AvgIpc) is 2.15. The zero-order valence-electron chi connectivity index (χ0n) is 8.44. The minimum absolute atomic E-state index is 0. The normalized spacial score (nSPS) is 9.67. The molecule has 1 aromatic rings. The first-order valence-corrected chi connectivity index (χ1v) is 4.11. The standard InChI is InChI=1S/C8H12F2N4.ClH/c1-14(2)8-5-11-4-7(13-8)12-3-6(9)10;/h4-6H,3H2,1-2H3,(H,12,13);1H. The van der Waals surface area contributed by atoms with Gasteiger partial charge in [0, 0.05) is 14.1 Å². The van der Waals surface area contributed by atoms with Crippen molar-refractivity contribution < 1.29 is 8.78 Å². The Morgan fingerprint density at radius 1 is 1.40 bits per heavy atom. The lowest BCUT2D eigenvalue weighted by molar-refractivity contribution is 0.163. The minimum atomic E-state index is -2.39. The smallest absolute Gasteiger partial charge is 0.255 e. The largest absolute Gasteiger partial charge is 0.363 e. The fourth-order valence-corrected chi connectivity index (χ4v) is 0.838. The highest BCUT2D eigenvalue weighted by Gasteiger charge is 2.04. The van der Waals surface area contributed by atoms with Gasteiger partial charge in [-0.3, -0.25) is 4.98 Å². The van der Waals surface area contributed by atoms with E-state index in [0.29, 0.717) is 11.6 Å². The Balaban J connectivity index is 0.00000196. The number of alkyl halides is 2. The molecule has 0 fully saturated rings. The number of nitrogens with one attached hydrogen (secondary N) is 1. The average molecular weight is 239 g/mol. The number of halogens is 3. The van der Waals surface area contributed by atoms with Crippen molar-refractivity contribution in [3.8, 4) is 0 Å². The summed E-state index contributed by atoms with van der Waals surface area (Å²) in [6.07, 6.45) is 0.586. The lowest BCUT2D eigenvalue weighted by Crippen LogP contribution is -2.15. The molecule has 86 valence electrons. The van der Waals surface area contributed by atoms with Crippen LogP contribution in [0.25, 0.3) is 0 Å². The lowest BCUT2D eigenvalue weighted by Gasteiger charge is -2.12. The van der Waals surface area contributed by atoms with Gasteiger partial charge in [-0.1, -0.05) is 0 Å². The molecule has 1 aromatic heterocycles. The molecule has 7 heteroatoms. The first-order chi connectivity index (χ1) is 6.59. The molecule has 0 bridgehead atoms. The van der Waals surface area contributed by atoms with Crippen molar-refractivity contribution in [2.75, 3.05) is 30.9 Å². The first kappa shape index (κ1) is 13.8. The molecule has 15 heavy (non-hydrogen) atoms. The molecule has 0 aromatic carbocycles. The van der Waals surface area contributed by atoms with E-state index in [1.54, 1.807) is 25.2 Å². The molecule has 0 amide bonds. The second-order valence-electron chi connectivity index (χ2n) is 2.93. The summed E-state index contributed by atoms with van der Waals surface area (Å²) in [5.74, 6) is 0.987. The van der Waals surface area contributed by atoms with Crippen LogP contribution in [0.4, 0.5) is 20.4 Å². The van der Waals surface area contributed by atoms with Gasteiger partial charge in [-0.2, -0.15) is 0 Å². The maximum atomic E-state index is 11.9. The van der Waals surface area contributed by atoms with Crippen LogP contribution in [0, 0.1) is 0 Å². The van der Waals surface area contributed by atoms with Crippen molar-refractivity contribution in [2.24, 2.45) is 0 Å². The predicted molar refractivity (Wildman–Crippen MR) is 58.1 cm³/mol. The Hall–Kier alpha value is -1.17. The van der Waals surface area contributed by atoms with Gasteiger partial charge >= 0.3 is 0 Å². The number of rotatable bonds is 4. The zero-order chi connectivity index (χ0) is 10.6. The lowest BCUT2D eigenvalue weighted by atomic mass is 10.5. The maximum Gasteiger partial charge on any atom is 0.255 e. The molecule has 0 aliphatic rings. The Kier molecular flexibility index (Phi) is 5.84. The van der Waals surface area contributed by atoms with E-state index in [4.69, 9.17) is 0 Å². The van der Waals surface area contributed by atoms with Crippen molar-refractivity contribution in [1.82, 2.24) is 9.97 Å². The van der Waals surface area contributed by atoms with E-state index < -0.39 is 13.0 Å². The van der Waals surface area contributed by atoms with Gasteiger partial charge in [-0.05, 0) is 0 Å². The summed E-state index contributed by atoms with van der Waals surface area (Å²) < 4.78 is 23.7. The molecular weight excluding hydrogens is 226 g/mol. The Morgan fingerprint density at radius 3 is 2.60 bits per heavy atom. The summed E-state index contributed by atoms with van der Waals surface area (Å²) in [7, 11) is 3.61. The molecule has 0 spiro atoms. The van der Waals surface area contributed by atoms with Crippen LogP contribution in [-0.2, 0) is 0 Å². The molecule has 0 saturated carbocycles. The number of hydrogen-bond acceptors (Lipinski definition) is 4. The summed E-state index contributed by atoms with van der Waals surface area (Å²) in [4.78, 5) is 9.69. The number of hydrogen-bond donors (Lipinski definition) is 1. The van der Waals surface area contributed by atoms with E-state index in [9.17, 15) is 8.78 Å². The predicted octanol–water partition coefficient (Wildman–Crippen LogP) is 1.64.